The molecular weight excluding hydrogens is 414 g/mol. The number of rotatable bonds is 9. The third-order valence-corrected chi connectivity index (χ3v) is 5.30. The molecule has 2 atom stereocenters. The van der Waals surface area contributed by atoms with Crippen molar-refractivity contribution < 1.29 is 24.0 Å². The molecule has 0 radical (unpaired) electrons. The van der Waals surface area contributed by atoms with Gasteiger partial charge in [0.15, 0.2) is 0 Å². The first-order valence-electron chi connectivity index (χ1n) is 10.4. The lowest BCUT2D eigenvalue weighted by Crippen LogP contribution is -2.51. The van der Waals surface area contributed by atoms with E-state index in [4.69, 9.17) is 4.74 Å². The average Bonchev–Trinajstić information content (AvgIpc) is 3.14. The minimum Gasteiger partial charge on any atom is -0.464 e. The summed E-state index contributed by atoms with van der Waals surface area (Å²) in [5.41, 5.74) is 1.48. The zero-order valence-corrected chi connectivity index (χ0v) is 17.7. The van der Waals surface area contributed by atoms with E-state index in [0.717, 1.165) is 5.56 Å². The van der Waals surface area contributed by atoms with E-state index in [1.54, 1.807) is 6.92 Å². The first-order valence-corrected chi connectivity index (χ1v) is 10.4. The van der Waals surface area contributed by atoms with Crippen LogP contribution in [0.5, 0.6) is 0 Å². The molecule has 1 N–H and O–H groups in total. The van der Waals surface area contributed by atoms with Crippen LogP contribution in [0.4, 0.5) is 5.69 Å². The molecule has 2 amide bonds. The Morgan fingerprint density at radius 3 is 2.47 bits per heavy atom. The normalized spacial score (nSPS) is 16.5. The highest BCUT2D eigenvalue weighted by Crippen LogP contribution is 2.22. The van der Waals surface area contributed by atoms with E-state index >= 15 is 0 Å². The highest BCUT2D eigenvalue weighted by Gasteiger charge is 2.37. The van der Waals surface area contributed by atoms with Crippen molar-refractivity contribution >= 4 is 23.5 Å². The van der Waals surface area contributed by atoms with Gasteiger partial charge in [0, 0.05) is 31.5 Å². The first-order chi connectivity index (χ1) is 15.4. The van der Waals surface area contributed by atoms with E-state index in [1.807, 2.05) is 30.3 Å². The molecule has 9 heteroatoms. The van der Waals surface area contributed by atoms with E-state index in [0.29, 0.717) is 18.5 Å². The molecule has 3 rings (SSSR count). The molecule has 1 saturated heterocycles. The third kappa shape index (κ3) is 5.69. The fourth-order valence-corrected chi connectivity index (χ4v) is 3.68. The van der Waals surface area contributed by atoms with E-state index in [1.165, 1.54) is 29.2 Å². The lowest BCUT2D eigenvalue weighted by molar-refractivity contribution is -0.384. The number of nitrogens with zero attached hydrogens (tertiary/aromatic N) is 2. The second kappa shape index (κ2) is 10.5. The summed E-state index contributed by atoms with van der Waals surface area (Å²) in [6.45, 7) is 2.12. The van der Waals surface area contributed by atoms with E-state index in [9.17, 15) is 24.5 Å². The van der Waals surface area contributed by atoms with Crippen molar-refractivity contribution in [2.45, 2.75) is 44.8 Å². The van der Waals surface area contributed by atoms with Crippen molar-refractivity contribution in [3.8, 4) is 0 Å². The van der Waals surface area contributed by atoms with Gasteiger partial charge in [0.1, 0.15) is 12.1 Å². The van der Waals surface area contributed by atoms with Gasteiger partial charge in [-0.15, -0.1) is 0 Å². The Hall–Kier alpha value is -3.75. The molecule has 2 aromatic rings. The second-order valence-corrected chi connectivity index (χ2v) is 7.50. The van der Waals surface area contributed by atoms with Gasteiger partial charge in [-0.05, 0) is 24.5 Å². The maximum Gasteiger partial charge on any atom is 0.328 e. The molecule has 168 valence electrons. The molecule has 1 fully saturated rings. The van der Waals surface area contributed by atoms with Crippen LogP contribution in [0.15, 0.2) is 54.6 Å². The van der Waals surface area contributed by atoms with Crippen LogP contribution in [0, 0.1) is 10.1 Å². The summed E-state index contributed by atoms with van der Waals surface area (Å²) in [7, 11) is 0. The summed E-state index contributed by atoms with van der Waals surface area (Å²) < 4.78 is 5.10. The number of hydrogen-bond acceptors (Lipinski definition) is 6. The summed E-state index contributed by atoms with van der Waals surface area (Å²) >= 11 is 0. The van der Waals surface area contributed by atoms with E-state index in [2.05, 4.69) is 5.32 Å². The molecule has 9 nitrogen and oxygen atoms in total. The highest BCUT2D eigenvalue weighted by atomic mass is 16.6. The van der Waals surface area contributed by atoms with Crippen LogP contribution in [0.25, 0.3) is 0 Å². The molecule has 0 saturated carbocycles. The Morgan fingerprint density at radius 2 is 1.84 bits per heavy atom. The molecule has 1 aliphatic rings. The Kier molecular flexibility index (Phi) is 7.54. The largest absolute Gasteiger partial charge is 0.464 e. The topological polar surface area (TPSA) is 119 Å². The second-order valence-electron chi connectivity index (χ2n) is 7.50. The number of likely N-dealkylation sites (tertiary alicyclic amines) is 1. The third-order valence-electron chi connectivity index (χ3n) is 5.30. The molecule has 32 heavy (non-hydrogen) atoms. The predicted molar refractivity (Wildman–Crippen MR) is 115 cm³/mol. The number of amides is 2. The van der Waals surface area contributed by atoms with E-state index in [-0.39, 0.29) is 31.0 Å². The Labute approximate surface area is 185 Å². The monoisotopic (exact) mass is 439 g/mol. The molecule has 0 aliphatic carbocycles. The summed E-state index contributed by atoms with van der Waals surface area (Å²) in [5.74, 6) is -1.14. The van der Waals surface area contributed by atoms with Gasteiger partial charge in [0.05, 0.1) is 11.5 Å². The summed E-state index contributed by atoms with van der Waals surface area (Å²) in [5, 5.41) is 13.6. The summed E-state index contributed by atoms with van der Waals surface area (Å²) in [6.07, 6.45) is 0.740. The van der Waals surface area contributed by atoms with Crippen molar-refractivity contribution in [1.29, 1.82) is 0 Å². The molecule has 1 aliphatic heterocycles. The zero-order chi connectivity index (χ0) is 23.1. The summed E-state index contributed by atoms with van der Waals surface area (Å²) in [4.78, 5) is 49.8. The van der Waals surface area contributed by atoms with E-state index < -0.39 is 28.9 Å². The van der Waals surface area contributed by atoms with Gasteiger partial charge in [-0.1, -0.05) is 42.5 Å². The Balaban J connectivity index is 1.72. The number of benzene rings is 2. The van der Waals surface area contributed by atoms with Crippen LogP contribution >= 0.6 is 0 Å². The quantitative estimate of drug-likeness (QED) is 0.364. The number of non-ortho nitro benzene ring substituents is 1. The Bertz CT molecular complexity index is 977. The van der Waals surface area contributed by atoms with Gasteiger partial charge in [0.2, 0.25) is 11.8 Å². The number of nitro groups is 1. The van der Waals surface area contributed by atoms with Crippen molar-refractivity contribution in [2.75, 3.05) is 6.61 Å². The average molecular weight is 439 g/mol. The maximum atomic E-state index is 13.0. The molecule has 0 bridgehead atoms. The van der Waals surface area contributed by atoms with Crippen LogP contribution in [-0.2, 0) is 32.1 Å². The van der Waals surface area contributed by atoms with Crippen LogP contribution in [0.1, 0.15) is 30.9 Å². The number of carbonyl (C=O) groups excluding carboxylic acids is 3. The lowest BCUT2D eigenvalue weighted by Gasteiger charge is -2.26. The maximum absolute atomic E-state index is 13.0. The zero-order valence-electron chi connectivity index (χ0n) is 17.7. The Morgan fingerprint density at radius 1 is 1.16 bits per heavy atom. The fourth-order valence-electron chi connectivity index (χ4n) is 3.68. The summed E-state index contributed by atoms with van der Waals surface area (Å²) in [6, 6.07) is 13.5. The van der Waals surface area contributed by atoms with Gasteiger partial charge in [-0.25, -0.2) is 4.79 Å². The number of nitro benzene ring substituents is 1. The lowest BCUT2D eigenvalue weighted by atomic mass is 10.0. The molecule has 2 aromatic carbocycles. The number of nitrogens with one attached hydrogen (secondary N) is 1. The minimum atomic E-state index is -0.974. The number of ether oxygens (including phenoxy) is 1. The number of hydrogen-bond donors (Lipinski definition) is 1. The number of carbonyl (C=O) groups is 3. The highest BCUT2D eigenvalue weighted by molar-refractivity contribution is 5.93. The van der Waals surface area contributed by atoms with Crippen molar-refractivity contribution in [3.63, 3.8) is 0 Å². The molecular formula is C23H25N3O6. The van der Waals surface area contributed by atoms with Crippen molar-refractivity contribution in [2.24, 2.45) is 0 Å². The van der Waals surface area contributed by atoms with Crippen LogP contribution < -0.4 is 5.32 Å². The van der Waals surface area contributed by atoms with Crippen molar-refractivity contribution in [1.82, 2.24) is 10.2 Å². The van der Waals surface area contributed by atoms with Gasteiger partial charge < -0.3 is 15.0 Å². The molecule has 0 aromatic heterocycles. The van der Waals surface area contributed by atoms with Gasteiger partial charge >= 0.3 is 5.97 Å². The molecule has 0 spiro atoms. The first kappa shape index (κ1) is 22.9. The SMILES string of the molecule is CCOC(=O)[C@H](Cc1ccc([N+](=O)[O-])cc1)NC(=O)[C@@H]1CCC(=O)N1Cc1ccccc1. The van der Waals surface area contributed by atoms with Crippen LogP contribution in [-0.4, -0.2) is 46.3 Å². The molecule has 1 heterocycles. The van der Waals surface area contributed by atoms with Gasteiger partial charge in [-0.2, -0.15) is 0 Å². The standard InChI is InChI=1S/C23H25N3O6/c1-2-32-23(29)19(14-16-8-10-18(11-9-16)26(30)31)24-22(28)20-12-13-21(27)25(20)15-17-6-4-3-5-7-17/h3-11,19-20H,2,12-15H2,1H3,(H,24,28)/t19-,20-/m0/s1. The van der Waals surface area contributed by atoms with Crippen molar-refractivity contribution in [3.05, 3.63) is 75.8 Å². The smallest absolute Gasteiger partial charge is 0.328 e. The van der Waals surface area contributed by atoms with Gasteiger partial charge in [-0.3, -0.25) is 19.7 Å². The molecule has 0 unspecified atom stereocenters. The predicted octanol–water partition coefficient (Wildman–Crippen LogP) is 2.38. The van der Waals surface area contributed by atoms with Crippen LogP contribution in [0.3, 0.4) is 0 Å². The minimum absolute atomic E-state index is 0.0634. The fraction of sp³-hybridized carbons (Fsp3) is 0.348. The van der Waals surface area contributed by atoms with Crippen LogP contribution in [0.2, 0.25) is 0 Å². The van der Waals surface area contributed by atoms with Gasteiger partial charge in [0.25, 0.3) is 5.69 Å². The number of esters is 1.